The van der Waals surface area contributed by atoms with Crippen molar-refractivity contribution in [1.82, 2.24) is 5.48 Å². The molecule has 0 heterocycles. The van der Waals surface area contributed by atoms with E-state index in [0.717, 1.165) is 5.56 Å². The molecule has 0 aliphatic carbocycles. The number of amides is 1. The van der Waals surface area contributed by atoms with E-state index in [-0.39, 0.29) is 6.61 Å². The fraction of sp³-hybridized carbons (Fsp3) is 0.235. The smallest absolute Gasteiger partial charge is 0.278 e. The highest BCUT2D eigenvalue weighted by atomic mass is 16.6. The third-order valence-electron chi connectivity index (χ3n) is 3.20. The van der Waals surface area contributed by atoms with Gasteiger partial charge in [-0.15, -0.1) is 0 Å². The molecule has 0 fully saturated rings. The molecule has 2 aromatic rings. The highest BCUT2D eigenvalue weighted by molar-refractivity contribution is 5.97. The first-order chi connectivity index (χ1) is 11.2. The van der Waals surface area contributed by atoms with E-state index in [1.807, 2.05) is 30.3 Å². The number of ether oxygens (including phenoxy) is 3. The molecule has 0 saturated heterocycles. The van der Waals surface area contributed by atoms with Crippen LogP contribution >= 0.6 is 0 Å². The second-order valence-corrected chi connectivity index (χ2v) is 4.61. The summed E-state index contributed by atoms with van der Waals surface area (Å²) < 4.78 is 15.6. The van der Waals surface area contributed by atoms with Crippen LogP contribution in [-0.4, -0.2) is 27.2 Å². The van der Waals surface area contributed by atoms with Crippen molar-refractivity contribution in [3.05, 3.63) is 53.6 Å². The number of rotatable bonds is 7. The van der Waals surface area contributed by atoms with Crippen LogP contribution in [0.3, 0.4) is 0 Å². The standard InChI is InChI=1S/C17H19NO5/c1-20-14-10-16(22-3)15(21-2)9-13(14)17(19)18-23-11-12-7-5-4-6-8-12/h4-10H,11H2,1-3H3,(H,18,19). The van der Waals surface area contributed by atoms with Gasteiger partial charge in [0.05, 0.1) is 33.5 Å². The predicted molar refractivity (Wildman–Crippen MR) is 84.8 cm³/mol. The second kappa shape index (κ2) is 8.05. The molecule has 6 nitrogen and oxygen atoms in total. The fourth-order valence-corrected chi connectivity index (χ4v) is 2.02. The summed E-state index contributed by atoms with van der Waals surface area (Å²) in [4.78, 5) is 17.5. The minimum Gasteiger partial charge on any atom is -0.496 e. The Labute approximate surface area is 134 Å². The van der Waals surface area contributed by atoms with Gasteiger partial charge in [0.1, 0.15) is 5.75 Å². The summed E-state index contributed by atoms with van der Waals surface area (Å²) in [6, 6.07) is 12.7. The van der Waals surface area contributed by atoms with E-state index in [2.05, 4.69) is 5.48 Å². The van der Waals surface area contributed by atoms with Crippen molar-refractivity contribution in [2.45, 2.75) is 6.61 Å². The summed E-state index contributed by atoms with van der Waals surface area (Å²) in [7, 11) is 4.49. The van der Waals surface area contributed by atoms with Crippen LogP contribution in [0.15, 0.2) is 42.5 Å². The van der Waals surface area contributed by atoms with Crippen molar-refractivity contribution in [3.8, 4) is 17.2 Å². The van der Waals surface area contributed by atoms with E-state index < -0.39 is 5.91 Å². The van der Waals surface area contributed by atoms with Crippen molar-refractivity contribution < 1.29 is 23.8 Å². The van der Waals surface area contributed by atoms with E-state index in [1.54, 1.807) is 12.1 Å². The van der Waals surface area contributed by atoms with Gasteiger partial charge in [0.2, 0.25) is 0 Å². The van der Waals surface area contributed by atoms with E-state index in [1.165, 1.54) is 21.3 Å². The number of benzene rings is 2. The molecular formula is C17H19NO5. The topological polar surface area (TPSA) is 66.0 Å². The Morgan fingerprint density at radius 1 is 0.913 bits per heavy atom. The van der Waals surface area contributed by atoms with Crippen molar-refractivity contribution in [2.24, 2.45) is 0 Å². The summed E-state index contributed by atoms with van der Waals surface area (Å²) in [5, 5.41) is 0. The van der Waals surface area contributed by atoms with Gasteiger partial charge >= 0.3 is 0 Å². The molecule has 0 aliphatic heterocycles. The number of hydrogen-bond acceptors (Lipinski definition) is 5. The summed E-state index contributed by atoms with van der Waals surface area (Å²) in [5.74, 6) is 0.842. The molecule has 1 N–H and O–H groups in total. The maximum Gasteiger partial charge on any atom is 0.278 e. The zero-order valence-electron chi connectivity index (χ0n) is 13.3. The predicted octanol–water partition coefficient (Wildman–Crippen LogP) is 2.57. The molecule has 23 heavy (non-hydrogen) atoms. The van der Waals surface area contributed by atoms with Crippen molar-refractivity contribution in [1.29, 1.82) is 0 Å². The Hall–Kier alpha value is -2.73. The van der Waals surface area contributed by atoms with Crippen LogP contribution in [0.1, 0.15) is 15.9 Å². The van der Waals surface area contributed by atoms with Gasteiger partial charge in [-0.2, -0.15) is 0 Å². The van der Waals surface area contributed by atoms with Gasteiger partial charge in [0.25, 0.3) is 5.91 Å². The first-order valence-electron chi connectivity index (χ1n) is 6.95. The zero-order valence-corrected chi connectivity index (χ0v) is 13.3. The number of hydroxylamine groups is 1. The van der Waals surface area contributed by atoms with Gasteiger partial charge in [0.15, 0.2) is 11.5 Å². The van der Waals surface area contributed by atoms with E-state index in [4.69, 9.17) is 19.0 Å². The van der Waals surface area contributed by atoms with Crippen LogP contribution in [-0.2, 0) is 11.4 Å². The molecule has 0 aliphatic rings. The summed E-state index contributed by atoms with van der Waals surface area (Å²) in [5.41, 5.74) is 3.64. The largest absolute Gasteiger partial charge is 0.496 e. The molecule has 0 radical (unpaired) electrons. The molecular weight excluding hydrogens is 298 g/mol. The molecule has 2 aromatic carbocycles. The van der Waals surface area contributed by atoms with Crippen LogP contribution in [0.2, 0.25) is 0 Å². The lowest BCUT2D eigenvalue weighted by Gasteiger charge is -2.14. The van der Waals surface area contributed by atoms with Crippen LogP contribution in [0.25, 0.3) is 0 Å². The molecule has 0 bridgehead atoms. The number of carbonyl (C=O) groups excluding carboxylic acids is 1. The van der Waals surface area contributed by atoms with Gasteiger partial charge in [-0.05, 0) is 5.56 Å². The van der Waals surface area contributed by atoms with Gasteiger partial charge in [-0.1, -0.05) is 30.3 Å². The minimum absolute atomic E-state index is 0.266. The lowest BCUT2D eigenvalue weighted by Crippen LogP contribution is -2.24. The highest BCUT2D eigenvalue weighted by Gasteiger charge is 2.17. The number of nitrogens with one attached hydrogen (secondary N) is 1. The van der Waals surface area contributed by atoms with Gasteiger partial charge in [-0.25, -0.2) is 5.48 Å². The molecule has 0 spiro atoms. The molecule has 2 rings (SSSR count). The van der Waals surface area contributed by atoms with Gasteiger partial charge < -0.3 is 14.2 Å². The number of carbonyl (C=O) groups is 1. The Morgan fingerprint density at radius 3 is 2.13 bits per heavy atom. The molecule has 0 unspecified atom stereocenters. The molecule has 0 aromatic heterocycles. The molecule has 6 heteroatoms. The maximum absolute atomic E-state index is 12.3. The summed E-state index contributed by atoms with van der Waals surface area (Å²) in [6.45, 7) is 0.266. The van der Waals surface area contributed by atoms with Gasteiger partial charge in [-0.3, -0.25) is 9.63 Å². The number of methoxy groups -OCH3 is 3. The molecule has 0 saturated carbocycles. The monoisotopic (exact) mass is 317 g/mol. The molecule has 1 amide bonds. The summed E-state index contributed by atoms with van der Waals surface area (Å²) in [6.07, 6.45) is 0. The second-order valence-electron chi connectivity index (χ2n) is 4.61. The van der Waals surface area contributed by atoms with Crippen molar-refractivity contribution in [2.75, 3.05) is 21.3 Å². The Morgan fingerprint density at radius 2 is 1.52 bits per heavy atom. The SMILES string of the molecule is COc1cc(OC)c(C(=O)NOCc2ccccc2)cc1OC. The van der Waals surface area contributed by atoms with E-state index in [0.29, 0.717) is 22.8 Å². The zero-order chi connectivity index (χ0) is 16.7. The normalized spacial score (nSPS) is 10.0. The molecule has 0 atom stereocenters. The third-order valence-corrected chi connectivity index (χ3v) is 3.20. The quantitative estimate of drug-likeness (QED) is 0.795. The van der Waals surface area contributed by atoms with Crippen LogP contribution < -0.4 is 19.7 Å². The Bertz CT molecular complexity index is 658. The fourth-order valence-electron chi connectivity index (χ4n) is 2.02. The average Bonchev–Trinajstić information content (AvgIpc) is 2.61. The first-order valence-corrected chi connectivity index (χ1v) is 6.95. The lowest BCUT2D eigenvalue weighted by molar-refractivity contribution is 0.0231. The van der Waals surface area contributed by atoms with Crippen LogP contribution in [0.5, 0.6) is 17.2 Å². The summed E-state index contributed by atoms with van der Waals surface area (Å²) >= 11 is 0. The highest BCUT2D eigenvalue weighted by Crippen LogP contribution is 2.34. The first kappa shape index (κ1) is 16.6. The average molecular weight is 317 g/mol. The third kappa shape index (κ3) is 4.14. The Kier molecular flexibility index (Phi) is 5.82. The maximum atomic E-state index is 12.3. The van der Waals surface area contributed by atoms with Gasteiger partial charge in [0, 0.05) is 12.1 Å². The van der Waals surface area contributed by atoms with Crippen molar-refractivity contribution in [3.63, 3.8) is 0 Å². The van der Waals surface area contributed by atoms with E-state index in [9.17, 15) is 4.79 Å². The minimum atomic E-state index is -0.432. The molecule has 122 valence electrons. The van der Waals surface area contributed by atoms with Crippen LogP contribution in [0, 0.1) is 0 Å². The van der Waals surface area contributed by atoms with E-state index >= 15 is 0 Å². The Balaban J connectivity index is 2.08. The number of hydrogen-bond donors (Lipinski definition) is 1. The lowest BCUT2D eigenvalue weighted by atomic mass is 10.1. The van der Waals surface area contributed by atoms with Crippen LogP contribution in [0.4, 0.5) is 0 Å². The van der Waals surface area contributed by atoms with Crippen molar-refractivity contribution >= 4 is 5.91 Å².